The second kappa shape index (κ2) is 4.99. The molecule has 2 rings (SSSR count). The largest absolute Gasteiger partial charge is 0.389 e. The van der Waals surface area contributed by atoms with Gasteiger partial charge in [-0.1, -0.05) is 23.8 Å². The lowest BCUT2D eigenvalue weighted by Crippen LogP contribution is -2.14. The van der Waals surface area contributed by atoms with Gasteiger partial charge in [0.25, 0.3) is 0 Å². The number of aromatic nitrogens is 2. The van der Waals surface area contributed by atoms with Gasteiger partial charge in [-0.25, -0.2) is 4.68 Å². The smallest absolute Gasteiger partial charge is 0.106 e. The standard InChI is InChI=1S/C12H11BrClN3S/c1-6-11(13)7(2)17(16-6)10-5-8(14)3-4-9(10)12(15)18/h3-5H,1-2H3,(H2,15,18). The molecule has 1 heterocycles. The van der Waals surface area contributed by atoms with Crippen LogP contribution in [0, 0.1) is 13.8 Å². The van der Waals surface area contributed by atoms with E-state index in [1.165, 1.54) is 0 Å². The SMILES string of the molecule is Cc1nn(-c2cc(Cl)ccc2C(N)=S)c(C)c1Br. The van der Waals surface area contributed by atoms with Crippen LogP contribution in [0.3, 0.4) is 0 Å². The first kappa shape index (κ1) is 13.5. The highest BCUT2D eigenvalue weighted by molar-refractivity contribution is 9.10. The van der Waals surface area contributed by atoms with E-state index in [0.29, 0.717) is 10.0 Å². The van der Waals surface area contributed by atoms with Gasteiger partial charge >= 0.3 is 0 Å². The Labute approximate surface area is 124 Å². The van der Waals surface area contributed by atoms with Crippen LogP contribution in [-0.2, 0) is 0 Å². The minimum Gasteiger partial charge on any atom is -0.389 e. The second-order valence-electron chi connectivity index (χ2n) is 3.92. The van der Waals surface area contributed by atoms with Crippen LogP contribution in [0.5, 0.6) is 0 Å². The molecule has 0 aliphatic carbocycles. The topological polar surface area (TPSA) is 43.8 Å². The first-order valence-electron chi connectivity index (χ1n) is 5.23. The van der Waals surface area contributed by atoms with Crippen LogP contribution < -0.4 is 5.73 Å². The van der Waals surface area contributed by atoms with E-state index in [1.54, 1.807) is 10.7 Å². The summed E-state index contributed by atoms with van der Waals surface area (Å²) < 4.78 is 2.76. The van der Waals surface area contributed by atoms with E-state index in [0.717, 1.165) is 27.1 Å². The van der Waals surface area contributed by atoms with Crippen molar-refractivity contribution in [2.75, 3.05) is 0 Å². The maximum atomic E-state index is 6.03. The number of aryl methyl sites for hydroxylation is 1. The third-order valence-corrected chi connectivity index (χ3v) is 4.26. The second-order valence-corrected chi connectivity index (χ2v) is 5.59. The summed E-state index contributed by atoms with van der Waals surface area (Å²) in [4.78, 5) is 0.324. The van der Waals surface area contributed by atoms with Gasteiger partial charge in [0.05, 0.1) is 21.5 Å². The van der Waals surface area contributed by atoms with Crippen LogP contribution in [0.1, 0.15) is 17.0 Å². The van der Waals surface area contributed by atoms with Crippen molar-refractivity contribution in [1.82, 2.24) is 9.78 Å². The molecule has 0 bridgehead atoms. The van der Waals surface area contributed by atoms with Crippen LogP contribution in [0.25, 0.3) is 5.69 Å². The van der Waals surface area contributed by atoms with E-state index >= 15 is 0 Å². The van der Waals surface area contributed by atoms with Gasteiger partial charge in [0.1, 0.15) is 4.99 Å². The average Bonchev–Trinajstić information content (AvgIpc) is 2.56. The summed E-state index contributed by atoms with van der Waals surface area (Å²) in [6.45, 7) is 3.90. The van der Waals surface area contributed by atoms with Crippen molar-refractivity contribution in [2.45, 2.75) is 13.8 Å². The van der Waals surface area contributed by atoms with Gasteiger partial charge in [0.15, 0.2) is 0 Å². The van der Waals surface area contributed by atoms with Crippen LogP contribution in [0.2, 0.25) is 5.02 Å². The summed E-state index contributed by atoms with van der Waals surface area (Å²) in [5.74, 6) is 0. The molecule has 0 spiro atoms. The lowest BCUT2D eigenvalue weighted by Gasteiger charge is -2.10. The van der Waals surface area contributed by atoms with Crippen LogP contribution in [0.4, 0.5) is 0 Å². The Bertz CT molecular complexity index is 636. The van der Waals surface area contributed by atoms with Gasteiger partial charge in [-0.2, -0.15) is 5.10 Å². The molecule has 0 aliphatic heterocycles. The number of halogens is 2. The number of hydrogen-bond acceptors (Lipinski definition) is 2. The summed E-state index contributed by atoms with van der Waals surface area (Å²) in [6.07, 6.45) is 0. The van der Waals surface area contributed by atoms with Gasteiger partial charge in [-0.15, -0.1) is 0 Å². The maximum Gasteiger partial charge on any atom is 0.106 e. The molecular weight excluding hydrogens is 334 g/mol. The molecule has 0 aliphatic rings. The fourth-order valence-corrected chi connectivity index (χ4v) is 2.33. The summed E-state index contributed by atoms with van der Waals surface area (Å²) in [7, 11) is 0. The van der Waals surface area contributed by atoms with Crippen molar-refractivity contribution >= 4 is 44.7 Å². The zero-order valence-electron chi connectivity index (χ0n) is 9.87. The molecule has 3 nitrogen and oxygen atoms in total. The lowest BCUT2D eigenvalue weighted by atomic mass is 10.1. The maximum absolute atomic E-state index is 6.03. The molecule has 0 unspecified atom stereocenters. The van der Waals surface area contributed by atoms with Crippen molar-refractivity contribution in [3.8, 4) is 5.69 Å². The predicted octanol–water partition coefficient (Wildman–Crippen LogP) is 3.54. The van der Waals surface area contributed by atoms with E-state index in [-0.39, 0.29) is 0 Å². The number of nitrogens with zero attached hydrogens (tertiary/aromatic N) is 2. The highest BCUT2D eigenvalue weighted by Crippen LogP contribution is 2.26. The van der Waals surface area contributed by atoms with Crippen molar-refractivity contribution in [1.29, 1.82) is 0 Å². The average molecular weight is 345 g/mol. The quantitative estimate of drug-likeness (QED) is 0.848. The molecule has 1 aromatic carbocycles. The summed E-state index contributed by atoms with van der Waals surface area (Å²) in [5, 5.41) is 5.08. The molecule has 94 valence electrons. The van der Waals surface area contributed by atoms with E-state index < -0.39 is 0 Å². The van der Waals surface area contributed by atoms with Crippen molar-refractivity contribution in [3.05, 3.63) is 44.6 Å². The molecule has 0 amide bonds. The Hall–Kier alpha value is -0.910. The number of thiocarbonyl (C=S) groups is 1. The van der Waals surface area contributed by atoms with Crippen LogP contribution >= 0.6 is 39.7 Å². The van der Waals surface area contributed by atoms with Crippen molar-refractivity contribution in [3.63, 3.8) is 0 Å². The fourth-order valence-electron chi connectivity index (χ4n) is 1.75. The number of hydrogen-bond donors (Lipinski definition) is 1. The predicted molar refractivity (Wildman–Crippen MR) is 81.6 cm³/mol. The first-order valence-corrected chi connectivity index (χ1v) is 6.81. The number of benzene rings is 1. The Morgan fingerprint density at radius 3 is 2.61 bits per heavy atom. The summed E-state index contributed by atoms with van der Waals surface area (Å²) >= 11 is 14.6. The third kappa shape index (κ3) is 2.30. The minimum absolute atomic E-state index is 0.324. The zero-order chi connectivity index (χ0) is 13.4. The van der Waals surface area contributed by atoms with Gasteiger partial charge in [0.2, 0.25) is 0 Å². The Balaban J connectivity index is 2.73. The summed E-state index contributed by atoms with van der Waals surface area (Å²) in [5.41, 5.74) is 9.17. The normalized spacial score (nSPS) is 10.7. The lowest BCUT2D eigenvalue weighted by molar-refractivity contribution is 0.832. The van der Waals surface area contributed by atoms with Crippen molar-refractivity contribution < 1.29 is 0 Å². The van der Waals surface area contributed by atoms with Gasteiger partial charge < -0.3 is 5.73 Å². The first-order chi connectivity index (χ1) is 8.41. The van der Waals surface area contributed by atoms with Crippen LogP contribution in [0.15, 0.2) is 22.7 Å². The Morgan fingerprint density at radius 1 is 1.44 bits per heavy atom. The molecule has 0 saturated carbocycles. The minimum atomic E-state index is 0.324. The number of rotatable bonds is 2. The van der Waals surface area contributed by atoms with Crippen molar-refractivity contribution in [2.24, 2.45) is 5.73 Å². The Kier molecular flexibility index (Phi) is 3.75. The monoisotopic (exact) mass is 343 g/mol. The molecule has 2 N–H and O–H groups in total. The number of nitrogens with two attached hydrogens (primary N) is 1. The third-order valence-electron chi connectivity index (χ3n) is 2.66. The van der Waals surface area contributed by atoms with Gasteiger partial charge in [-0.05, 0) is 48.0 Å². The molecule has 2 aromatic rings. The highest BCUT2D eigenvalue weighted by Gasteiger charge is 2.14. The zero-order valence-corrected chi connectivity index (χ0v) is 13.0. The van der Waals surface area contributed by atoms with E-state index in [1.807, 2.05) is 26.0 Å². The van der Waals surface area contributed by atoms with Gasteiger partial charge in [0, 0.05) is 10.6 Å². The molecule has 0 atom stereocenters. The van der Waals surface area contributed by atoms with Crippen LogP contribution in [-0.4, -0.2) is 14.8 Å². The summed E-state index contributed by atoms with van der Waals surface area (Å²) in [6, 6.07) is 5.38. The molecule has 0 saturated heterocycles. The molecule has 0 fully saturated rings. The molecular formula is C12H11BrClN3S. The molecule has 6 heteroatoms. The molecule has 1 aromatic heterocycles. The van der Waals surface area contributed by atoms with E-state index in [2.05, 4.69) is 21.0 Å². The van der Waals surface area contributed by atoms with E-state index in [4.69, 9.17) is 29.6 Å². The molecule has 0 radical (unpaired) electrons. The van der Waals surface area contributed by atoms with Gasteiger partial charge in [-0.3, -0.25) is 0 Å². The Morgan fingerprint density at radius 2 is 2.11 bits per heavy atom. The highest BCUT2D eigenvalue weighted by atomic mass is 79.9. The van der Waals surface area contributed by atoms with E-state index in [9.17, 15) is 0 Å². The fraction of sp³-hybridized carbons (Fsp3) is 0.167. The molecule has 18 heavy (non-hydrogen) atoms.